The molecule has 0 atom stereocenters. The maximum atomic E-state index is 11.6. The van der Waals surface area contributed by atoms with Crippen LogP contribution in [0.1, 0.15) is 5.69 Å². The summed E-state index contributed by atoms with van der Waals surface area (Å²) in [5, 5.41) is 2.36. The van der Waals surface area contributed by atoms with E-state index < -0.39 is 10.0 Å². The molecule has 0 bridgehead atoms. The van der Waals surface area contributed by atoms with E-state index in [9.17, 15) is 8.42 Å². The average molecular weight is 359 g/mol. The number of pyridine rings is 1. The molecule has 2 aromatic rings. The van der Waals surface area contributed by atoms with E-state index in [1.165, 1.54) is 11.8 Å². The Labute approximate surface area is 143 Å². The predicted octanol–water partition coefficient (Wildman–Crippen LogP) is 2.92. The third kappa shape index (κ3) is 3.02. The molecule has 0 spiro atoms. The second kappa shape index (κ2) is 5.95. The number of aromatic nitrogens is 1. The highest BCUT2D eigenvalue weighted by atomic mass is 32.2. The standard InChI is InChI=1S/C16H13N3O3S2/c20-24(21)9-8-19-15(11-23-16(19)18-24)14-7-6-13(10-17-14)22-12-4-2-1-3-5-12/h1-7,10-11H,8-9H2. The van der Waals surface area contributed by atoms with E-state index in [1.54, 1.807) is 6.20 Å². The van der Waals surface area contributed by atoms with Crippen molar-refractivity contribution in [2.45, 2.75) is 0 Å². The maximum Gasteiger partial charge on any atom is 0.257 e. The molecule has 0 radical (unpaired) electrons. The SMILES string of the molecule is O=S1(=O)CCN2C(c3ccc(Oc4ccccc4)cn3)=CSC2=N1. The first-order valence-corrected chi connectivity index (χ1v) is 9.76. The molecule has 0 unspecified atom stereocenters. The zero-order valence-corrected chi connectivity index (χ0v) is 14.1. The van der Waals surface area contributed by atoms with E-state index in [0.29, 0.717) is 17.5 Å². The lowest BCUT2D eigenvalue weighted by molar-refractivity contribution is 0.480. The molecule has 1 aromatic carbocycles. The number of rotatable bonds is 3. The largest absolute Gasteiger partial charge is 0.456 e. The second-order valence-electron chi connectivity index (χ2n) is 5.23. The van der Waals surface area contributed by atoms with E-state index in [-0.39, 0.29) is 5.75 Å². The van der Waals surface area contributed by atoms with Crippen LogP contribution in [0.15, 0.2) is 58.5 Å². The molecular weight excluding hydrogens is 346 g/mol. The summed E-state index contributed by atoms with van der Waals surface area (Å²) in [6.45, 7) is 0.393. The van der Waals surface area contributed by atoms with Crippen LogP contribution in [0.25, 0.3) is 5.70 Å². The molecule has 2 aliphatic heterocycles. The Kier molecular flexibility index (Phi) is 3.78. The van der Waals surface area contributed by atoms with Crippen molar-refractivity contribution in [3.8, 4) is 11.5 Å². The molecule has 0 fully saturated rings. The first kappa shape index (κ1) is 15.2. The van der Waals surface area contributed by atoms with Gasteiger partial charge in [0.05, 0.1) is 23.3 Å². The van der Waals surface area contributed by atoms with Crippen molar-refractivity contribution in [1.82, 2.24) is 9.88 Å². The van der Waals surface area contributed by atoms with Crippen molar-refractivity contribution >= 4 is 32.6 Å². The molecule has 0 N–H and O–H groups in total. The van der Waals surface area contributed by atoms with Crippen LogP contribution in [0.3, 0.4) is 0 Å². The van der Waals surface area contributed by atoms with Crippen molar-refractivity contribution in [3.05, 3.63) is 59.8 Å². The van der Waals surface area contributed by atoms with Crippen LogP contribution in [0.2, 0.25) is 0 Å². The number of ether oxygens (including phenoxy) is 1. The van der Waals surface area contributed by atoms with E-state index in [4.69, 9.17) is 4.74 Å². The van der Waals surface area contributed by atoms with Crippen molar-refractivity contribution in [2.75, 3.05) is 12.3 Å². The van der Waals surface area contributed by atoms with Gasteiger partial charge in [-0.3, -0.25) is 4.98 Å². The van der Waals surface area contributed by atoms with Gasteiger partial charge in [0, 0.05) is 12.0 Å². The van der Waals surface area contributed by atoms with Crippen LogP contribution in [-0.2, 0) is 10.0 Å². The Balaban J connectivity index is 1.54. The molecular formula is C16H13N3O3S2. The Hall–Kier alpha value is -2.32. The normalized spacial score (nSPS) is 18.6. The number of sulfonamides is 1. The fourth-order valence-electron chi connectivity index (χ4n) is 2.41. The van der Waals surface area contributed by atoms with Gasteiger partial charge in [0.25, 0.3) is 10.0 Å². The minimum absolute atomic E-state index is 0.0175. The lowest BCUT2D eigenvalue weighted by Gasteiger charge is -2.24. The molecule has 6 nitrogen and oxygen atoms in total. The van der Waals surface area contributed by atoms with E-state index in [0.717, 1.165) is 17.1 Å². The van der Waals surface area contributed by atoms with E-state index in [1.807, 2.05) is 52.8 Å². The topological polar surface area (TPSA) is 71.9 Å². The minimum Gasteiger partial charge on any atom is -0.456 e. The molecule has 2 aliphatic rings. The zero-order chi connectivity index (χ0) is 16.6. The van der Waals surface area contributed by atoms with Crippen molar-refractivity contribution in [1.29, 1.82) is 0 Å². The average Bonchev–Trinajstić information content (AvgIpc) is 2.98. The Morgan fingerprint density at radius 2 is 1.92 bits per heavy atom. The van der Waals surface area contributed by atoms with Gasteiger partial charge in [0.15, 0.2) is 5.17 Å². The molecule has 0 saturated heterocycles. The minimum atomic E-state index is -3.33. The molecule has 4 rings (SSSR count). The lowest BCUT2D eigenvalue weighted by atomic mass is 10.2. The van der Waals surface area contributed by atoms with Gasteiger partial charge in [0.1, 0.15) is 11.5 Å². The van der Waals surface area contributed by atoms with Gasteiger partial charge in [-0.2, -0.15) is 0 Å². The van der Waals surface area contributed by atoms with Gasteiger partial charge < -0.3 is 9.64 Å². The van der Waals surface area contributed by atoms with Gasteiger partial charge in [0.2, 0.25) is 0 Å². The summed E-state index contributed by atoms with van der Waals surface area (Å²) >= 11 is 1.30. The van der Waals surface area contributed by atoms with E-state index in [2.05, 4.69) is 9.38 Å². The highest BCUT2D eigenvalue weighted by Crippen LogP contribution is 2.35. The van der Waals surface area contributed by atoms with Crippen molar-refractivity contribution in [3.63, 3.8) is 0 Å². The molecule has 24 heavy (non-hydrogen) atoms. The number of amidine groups is 1. The summed E-state index contributed by atoms with van der Waals surface area (Å²) in [6.07, 6.45) is 1.66. The molecule has 0 saturated carbocycles. The molecule has 3 heterocycles. The fourth-order valence-corrected chi connectivity index (χ4v) is 4.55. The zero-order valence-electron chi connectivity index (χ0n) is 12.5. The third-order valence-corrected chi connectivity index (χ3v) is 5.69. The second-order valence-corrected chi connectivity index (χ2v) is 7.82. The van der Waals surface area contributed by atoms with Crippen LogP contribution >= 0.6 is 11.8 Å². The lowest BCUT2D eigenvalue weighted by Crippen LogP contribution is -2.34. The number of nitrogens with zero attached hydrogens (tertiary/aromatic N) is 3. The van der Waals surface area contributed by atoms with Crippen LogP contribution in [0.4, 0.5) is 0 Å². The predicted molar refractivity (Wildman–Crippen MR) is 94.2 cm³/mol. The van der Waals surface area contributed by atoms with Crippen LogP contribution < -0.4 is 4.74 Å². The number of fused-ring (bicyclic) bond motifs is 1. The van der Waals surface area contributed by atoms with Crippen molar-refractivity contribution in [2.24, 2.45) is 4.40 Å². The Morgan fingerprint density at radius 1 is 1.08 bits per heavy atom. The molecule has 1 aromatic heterocycles. The van der Waals surface area contributed by atoms with Crippen LogP contribution in [0, 0.1) is 0 Å². The number of thioether (sulfide) groups is 1. The highest BCUT2D eigenvalue weighted by molar-refractivity contribution is 8.17. The summed E-state index contributed by atoms with van der Waals surface area (Å²) in [4.78, 5) is 6.31. The number of benzene rings is 1. The first-order valence-electron chi connectivity index (χ1n) is 7.27. The monoisotopic (exact) mass is 359 g/mol. The van der Waals surface area contributed by atoms with E-state index >= 15 is 0 Å². The summed E-state index contributed by atoms with van der Waals surface area (Å²) in [5.41, 5.74) is 1.62. The van der Waals surface area contributed by atoms with Crippen LogP contribution in [0.5, 0.6) is 11.5 Å². The summed E-state index contributed by atoms with van der Waals surface area (Å²) in [7, 11) is -3.33. The Morgan fingerprint density at radius 3 is 2.67 bits per heavy atom. The Bertz CT molecular complexity index is 923. The number of hydrogen-bond donors (Lipinski definition) is 0. The smallest absolute Gasteiger partial charge is 0.257 e. The summed E-state index contributed by atoms with van der Waals surface area (Å²) < 4.78 is 32.7. The molecule has 0 aliphatic carbocycles. The molecule has 8 heteroatoms. The van der Waals surface area contributed by atoms with Gasteiger partial charge in [-0.05, 0) is 24.3 Å². The van der Waals surface area contributed by atoms with Gasteiger partial charge in [-0.25, -0.2) is 8.42 Å². The van der Waals surface area contributed by atoms with Crippen molar-refractivity contribution < 1.29 is 13.2 Å². The molecule has 122 valence electrons. The quantitative estimate of drug-likeness (QED) is 0.839. The van der Waals surface area contributed by atoms with Gasteiger partial charge in [-0.1, -0.05) is 30.0 Å². The highest BCUT2D eigenvalue weighted by Gasteiger charge is 2.31. The maximum absolute atomic E-state index is 11.6. The number of para-hydroxylation sites is 1. The van der Waals surface area contributed by atoms with Gasteiger partial charge in [-0.15, -0.1) is 4.40 Å². The summed E-state index contributed by atoms with van der Waals surface area (Å²) in [5.74, 6) is 1.41. The van der Waals surface area contributed by atoms with Crippen LogP contribution in [-0.4, -0.2) is 35.8 Å². The molecule has 0 amide bonds. The first-order chi connectivity index (χ1) is 11.6. The van der Waals surface area contributed by atoms with Gasteiger partial charge >= 0.3 is 0 Å². The summed E-state index contributed by atoms with van der Waals surface area (Å²) in [6, 6.07) is 13.2. The number of hydrogen-bond acceptors (Lipinski definition) is 6. The fraction of sp³-hybridized carbons (Fsp3) is 0.125. The third-order valence-electron chi connectivity index (χ3n) is 3.57.